The van der Waals surface area contributed by atoms with Crippen LogP contribution in [0.1, 0.15) is 44.6 Å². The number of ether oxygens (including phenoxy) is 3. The summed E-state index contributed by atoms with van der Waals surface area (Å²) in [6, 6.07) is 13.4. The number of nitrogens with one attached hydrogen (secondary N) is 1. The molecule has 8 heteroatoms. The maximum absolute atomic E-state index is 13.4. The first-order valence-electron chi connectivity index (χ1n) is 12.5. The molecule has 190 valence electrons. The molecule has 2 heterocycles. The molecule has 2 aromatic rings. The van der Waals surface area contributed by atoms with Gasteiger partial charge in [0.2, 0.25) is 5.91 Å². The molecule has 1 unspecified atom stereocenters. The summed E-state index contributed by atoms with van der Waals surface area (Å²) in [6.07, 6.45) is 3.64. The summed E-state index contributed by atoms with van der Waals surface area (Å²) in [5, 5.41) is 4.00. The molecule has 0 radical (unpaired) electrons. The molecule has 1 N–H and O–H groups in total. The lowest BCUT2D eigenvalue weighted by Gasteiger charge is -2.35. The highest BCUT2D eigenvalue weighted by Crippen LogP contribution is 2.36. The first-order chi connectivity index (χ1) is 17.0. The van der Waals surface area contributed by atoms with Gasteiger partial charge in [-0.1, -0.05) is 36.7 Å². The average molecular weight is 505 g/mol. The first-order valence-corrected chi connectivity index (χ1v) is 12.9. The van der Waals surface area contributed by atoms with Gasteiger partial charge >= 0.3 is 0 Å². The van der Waals surface area contributed by atoms with Gasteiger partial charge in [0.25, 0.3) is 0 Å². The van der Waals surface area contributed by atoms with E-state index >= 15 is 0 Å². The summed E-state index contributed by atoms with van der Waals surface area (Å²) >= 11 is 6.05. The van der Waals surface area contributed by atoms with Crippen molar-refractivity contribution >= 4 is 17.5 Å². The van der Waals surface area contributed by atoms with Gasteiger partial charge in [-0.25, -0.2) is 4.39 Å². The van der Waals surface area contributed by atoms with Gasteiger partial charge in [-0.2, -0.15) is 0 Å². The predicted octanol–water partition coefficient (Wildman–Crippen LogP) is 4.90. The van der Waals surface area contributed by atoms with Gasteiger partial charge in [-0.05, 0) is 49.7 Å². The first kappa shape index (κ1) is 25.9. The van der Waals surface area contributed by atoms with Crippen LogP contribution in [0.2, 0.25) is 5.02 Å². The van der Waals surface area contributed by atoms with Gasteiger partial charge in [-0.3, -0.25) is 4.79 Å². The molecule has 2 aromatic carbocycles. The van der Waals surface area contributed by atoms with Crippen molar-refractivity contribution in [2.24, 2.45) is 0 Å². The lowest BCUT2D eigenvalue weighted by molar-refractivity contribution is -0.172. The largest absolute Gasteiger partial charge is 0.490 e. The molecule has 2 aliphatic heterocycles. The van der Waals surface area contributed by atoms with Crippen LogP contribution in [-0.2, 0) is 20.1 Å². The molecule has 0 aromatic heterocycles. The predicted molar refractivity (Wildman–Crippen MR) is 133 cm³/mol. The van der Waals surface area contributed by atoms with E-state index in [4.69, 9.17) is 25.8 Å². The lowest BCUT2D eigenvalue weighted by Crippen LogP contribution is -2.50. The van der Waals surface area contributed by atoms with Crippen LogP contribution in [0, 0.1) is 5.82 Å². The third kappa shape index (κ3) is 6.73. The van der Waals surface area contributed by atoms with Crippen LogP contribution in [-0.4, -0.2) is 55.8 Å². The highest BCUT2D eigenvalue weighted by molar-refractivity contribution is 6.30. The number of nitrogens with zero attached hydrogens (tertiary/aromatic N) is 1. The molecule has 0 aliphatic carbocycles. The quantitative estimate of drug-likeness (QED) is 0.499. The molecule has 2 fully saturated rings. The number of benzene rings is 2. The zero-order valence-electron chi connectivity index (χ0n) is 20.2. The topological polar surface area (TPSA) is 60.0 Å². The number of carbonyl (C=O) groups excluding carboxylic acids is 1. The standard InChI is InChI=1S/C27H34ClFN2O4/c1-2-30-25(7-4-14-27(33-17-18-34-27)20-8-10-22(29)11-9-20)26(32)31-15-12-23(13-16-31)35-24-6-3-5-21(28)19-24/h3,5-6,8-11,19,23,25,30H,2,4,7,12-18H2,1H3. The third-order valence-corrected chi connectivity index (χ3v) is 6.87. The summed E-state index contributed by atoms with van der Waals surface area (Å²) < 4.78 is 31.4. The SMILES string of the molecule is CCNC(CCCC1(c2ccc(F)cc2)OCCO1)C(=O)N1CCC(Oc2cccc(Cl)c2)CC1. The minimum atomic E-state index is -0.871. The highest BCUT2D eigenvalue weighted by atomic mass is 35.5. The second kappa shape index (κ2) is 12.2. The molecular formula is C27H34ClFN2O4. The maximum Gasteiger partial charge on any atom is 0.239 e. The number of piperidine rings is 1. The van der Waals surface area contributed by atoms with E-state index in [1.807, 2.05) is 36.1 Å². The number of amides is 1. The van der Waals surface area contributed by atoms with Crippen molar-refractivity contribution in [2.75, 3.05) is 32.8 Å². The van der Waals surface area contributed by atoms with Gasteiger partial charge < -0.3 is 24.4 Å². The van der Waals surface area contributed by atoms with Gasteiger partial charge in [0.1, 0.15) is 17.7 Å². The number of likely N-dealkylation sites (tertiary alicyclic amines) is 1. The zero-order chi connectivity index (χ0) is 24.7. The van der Waals surface area contributed by atoms with Gasteiger partial charge in [0.05, 0.1) is 19.3 Å². The van der Waals surface area contributed by atoms with Crippen molar-refractivity contribution < 1.29 is 23.4 Å². The number of hydrogen-bond donors (Lipinski definition) is 1. The van der Waals surface area contributed by atoms with Crippen molar-refractivity contribution in [1.82, 2.24) is 10.2 Å². The van der Waals surface area contributed by atoms with Crippen LogP contribution >= 0.6 is 11.6 Å². The van der Waals surface area contributed by atoms with Crippen molar-refractivity contribution in [2.45, 2.75) is 57.0 Å². The number of hydrogen-bond acceptors (Lipinski definition) is 5. The molecule has 4 rings (SSSR count). The molecule has 35 heavy (non-hydrogen) atoms. The number of carbonyl (C=O) groups is 1. The van der Waals surface area contributed by atoms with E-state index in [1.54, 1.807) is 12.1 Å². The number of halogens is 2. The smallest absolute Gasteiger partial charge is 0.239 e. The van der Waals surface area contributed by atoms with Crippen LogP contribution in [0.5, 0.6) is 5.75 Å². The van der Waals surface area contributed by atoms with Crippen molar-refractivity contribution in [3.8, 4) is 5.75 Å². The summed E-state index contributed by atoms with van der Waals surface area (Å²) in [5.41, 5.74) is 0.810. The second-order valence-electron chi connectivity index (χ2n) is 9.06. The van der Waals surface area contributed by atoms with Crippen molar-refractivity contribution in [3.63, 3.8) is 0 Å². The normalized spacial score (nSPS) is 19.0. The van der Waals surface area contributed by atoms with Crippen LogP contribution < -0.4 is 10.1 Å². The van der Waals surface area contributed by atoms with Crippen molar-refractivity contribution in [3.05, 3.63) is 64.9 Å². The van der Waals surface area contributed by atoms with Crippen LogP contribution in [0.3, 0.4) is 0 Å². The fourth-order valence-corrected chi connectivity index (χ4v) is 5.04. The molecule has 1 atom stereocenters. The van der Waals surface area contributed by atoms with E-state index in [1.165, 1.54) is 12.1 Å². The van der Waals surface area contributed by atoms with Crippen LogP contribution in [0.4, 0.5) is 4.39 Å². The Morgan fingerprint density at radius 1 is 1.20 bits per heavy atom. The fraction of sp³-hybridized carbons (Fsp3) is 0.519. The van der Waals surface area contributed by atoms with Crippen LogP contribution in [0.15, 0.2) is 48.5 Å². The molecule has 0 spiro atoms. The second-order valence-corrected chi connectivity index (χ2v) is 9.50. The Morgan fingerprint density at radius 2 is 1.91 bits per heavy atom. The molecule has 1 amide bonds. The monoisotopic (exact) mass is 504 g/mol. The summed E-state index contributed by atoms with van der Waals surface area (Å²) in [7, 11) is 0. The lowest BCUT2D eigenvalue weighted by atomic mass is 9.97. The van der Waals surface area contributed by atoms with E-state index in [0.717, 1.165) is 30.6 Å². The van der Waals surface area contributed by atoms with Gasteiger partial charge in [-0.15, -0.1) is 0 Å². The molecule has 6 nitrogen and oxygen atoms in total. The van der Waals surface area contributed by atoms with Crippen LogP contribution in [0.25, 0.3) is 0 Å². The van der Waals surface area contributed by atoms with E-state index < -0.39 is 5.79 Å². The number of rotatable bonds is 10. The van der Waals surface area contributed by atoms with Gasteiger partial charge in [0, 0.05) is 42.9 Å². The zero-order valence-corrected chi connectivity index (χ0v) is 20.9. The molecule has 2 saturated heterocycles. The van der Waals surface area contributed by atoms with E-state index in [0.29, 0.717) is 50.7 Å². The minimum absolute atomic E-state index is 0.0716. The Kier molecular flexibility index (Phi) is 9.00. The Balaban J connectivity index is 1.29. The Morgan fingerprint density at radius 3 is 2.57 bits per heavy atom. The van der Waals surface area contributed by atoms with Crippen molar-refractivity contribution in [1.29, 1.82) is 0 Å². The summed E-state index contributed by atoms with van der Waals surface area (Å²) in [4.78, 5) is 15.2. The summed E-state index contributed by atoms with van der Waals surface area (Å²) in [6.45, 7) is 5.04. The Hall–Kier alpha value is -2.19. The maximum atomic E-state index is 13.4. The Bertz CT molecular complexity index is 960. The van der Waals surface area contributed by atoms with E-state index in [9.17, 15) is 9.18 Å². The molecule has 0 saturated carbocycles. The van der Waals surface area contributed by atoms with Gasteiger partial charge in [0.15, 0.2) is 5.79 Å². The third-order valence-electron chi connectivity index (χ3n) is 6.64. The van der Waals surface area contributed by atoms with E-state index in [-0.39, 0.29) is 23.9 Å². The van der Waals surface area contributed by atoms with E-state index in [2.05, 4.69) is 5.32 Å². The molecule has 0 bridgehead atoms. The Labute approximate surface area is 211 Å². The highest BCUT2D eigenvalue weighted by Gasteiger charge is 2.38. The summed E-state index contributed by atoms with van der Waals surface area (Å²) in [5.74, 6) is -0.276. The molecule has 2 aliphatic rings. The fourth-order valence-electron chi connectivity index (χ4n) is 4.86. The average Bonchev–Trinajstić information content (AvgIpc) is 3.34. The number of likely N-dealkylation sites (N-methyl/N-ethyl adjacent to an activating group) is 1. The minimum Gasteiger partial charge on any atom is -0.490 e. The molecular weight excluding hydrogens is 471 g/mol.